The second kappa shape index (κ2) is 14.8. The van der Waals surface area contributed by atoms with E-state index in [1.165, 1.54) is 39.9 Å². The van der Waals surface area contributed by atoms with Crippen molar-refractivity contribution in [3.05, 3.63) is 170 Å². The molecule has 8 aromatic rings. The van der Waals surface area contributed by atoms with Crippen LogP contribution in [0.25, 0.3) is 44.5 Å². The summed E-state index contributed by atoms with van der Waals surface area (Å²) in [4.78, 5) is 63.6. The third-order valence-electron chi connectivity index (χ3n) is 11.2. The molecular formula is C46H29ClF3N7O5S. The van der Waals surface area contributed by atoms with Crippen LogP contribution in [-0.4, -0.2) is 52.7 Å². The number of Topliss-reactive ketones (excluding diaryl/α,β-unsaturated/α-hetero) is 1. The maximum absolute atomic E-state index is 14.2. The smallest absolute Gasteiger partial charge is 0.417 e. The molecule has 0 radical (unpaired) electrons. The number of hydrogen-bond donors (Lipinski definition) is 4. The van der Waals surface area contributed by atoms with Gasteiger partial charge in [0.15, 0.2) is 5.76 Å². The number of alkyl halides is 3. The molecule has 63 heavy (non-hydrogen) atoms. The van der Waals surface area contributed by atoms with Crippen molar-refractivity contribution in [2.24, 2.45) is 0 Å². The van der Waals surface area contributed by atoms with E-state index in [0.717, 1.165) is 12.1 Å². The maximum Gasteiger partial charge on any atom is 0.417 e. The fourth-order valence-corrected chi connectivity index (χ4v) is 9.20. The number of fused-ring (bicyclic) bond motifs is 2. The summed E-state index contributed by atoms with van der Waals surface area (Å²) in [5.41, 5.74) is 4.68. The van der Waals surface area contributed by atoms with Crippen molar-refractivity contribution in [2.75, 3.05) is 9.80 Å². The van der Waals surface area contributed by atoms with E-state index in [4.69, 9.17) is 16.6 Å². The number of thiophene rings is 1. The van der Waals surface area contributed by atoms with Crippen molar-refractivity contribution in [3.63, 3.8) is 0 Å². The Balaban J connectivity index is 1.07. The summed E-state index contributed by atoms with van der Waals surface area (Å²) < 4.78 is 42.7. The van der Waals surface area contributed by atoms with Crippen LogP contribution in [-0.2, 0) is 20.6 Å². The van der Waals surface area contributed by atoms with Crippen LogP contribution in [0.2, 0.25) is 5.02 Å². The molecule has 10 rings (SSSR count). The lowest BCUT2D eigenvalue weighted by molar-refractivity contribution is -0.137. The van der Waals surface area contributed by atoms with Crippen molar-refractivity contribution in [2.45, 2.75) is 25.2 Å². The van der Waals surface area contributed by atoms with E-state index in [1.54, 1.807) is 96.5 Å². The molecule has 2 unspecified atom stereocenters. The number of nitrogens with zero attached hydrogens (tertiary/aromatic N) is 5. The van der Waals surface area contributed by atoms with Gasteiger partial charge >= 0.3 is 6.18 Å². The third-order valence-corrected chi connectivity index (χ3v) is 12.2. The number of aliphatic hydroxyl groups is 2. The van der Waals surface area contributed by atoms with Crippen molar-refractivity contribution in [3.8, 4) is 11.1 Å². The number of carbonyl (C=O) groups excluding carboxylic acids is 3. The van der Waals surface area contributed by atoms with Crippen LogP contribution in [0, 0.1) is 6.92 Å². The number of aromatic nitrogens is 5. The van der Waals surface area contributed by atoms with Gasteiger partial charge in [0.1, 0.15) is 11.8 Å². The third kappa shape index (κ3) is 6.61. The molecule has 0 saturated carbocycles. The van der Waals surface area contributed by atoms with Crippen LogP contribution in [0.3, 0.4) is 0 Å². The number of H-pyrrole nitrogens is 2. The number of nitrogens with one attached hydrogen (secondary N) is 2. The summed E-state index contributed by atoms with van der Waals surface area (Å²) in [5, 5.41) is 26.1. The van der Waals surface area contributed by atoms with Crippen LogP contribution in [0.15, 0.2) is 132 Å². The zero-order chi connectivity index (χ0) is 43.9. The topological polar surface area (TPSA) is 168 Å². The van der Waals surface area contributed by atoms with Crippen molar-refractivity contribution >= 4 is 85.3 Å². The summed E-state index contributed by atoms with van der Waals surface area (Å²) in [6, 6.07) is 22.8. The van der Waals surface area contributed by atoms with Gasteiger partial charge in [0, 0.05) is 33.6 Å². The van der Waals surface area contributed by atoms with Crippen LogP contribution in [0.1, 0.15) is 45.7 Å². The van der Waals surface area contributed by atoms with E-state index in [-0.39, 0.29) is 28.2 Å². The SMILES string of the molecule is Cc1cc(-c2ccc(C3=C(O)C(=O)N(c4ccc5nc[nH]c5c4)C3c3ccc(Cl)c(C(F)(F)F)c3)cc2)cc(C2C(=C(O)c3ccsc3)C(=O)C(=O)N2c2ccc3nc[nH]c3c2)n1. The first-order valence-electron chi connectivity index (χ1n) is 19.2. The van der Waals surface area contributed by atoms with Crippen LogP contribution >= 0.6 is 22.9 Å². The van der Waals surface area contributed by atoms with Gasteiger partial charge in [-0.3, -0.25) is 29.2 Å². The molecule has 4 aromatic heterocycles. The van der Waals surface area contributed by atoms with E-state index in [1.807, 2.05) is 0 Å². The minimum atomic E-state index is -4.81. The number of aromatic amines is 2. The molecule has 17 heteroatoms. The average Bonchev–Trinajstić information content (AvgIpc) is 4.12. The number of rotatable bonds is 7. The zero-order valence-electron chi connectivity index (χ0n) is 32.5. The summed E-state index contributed by atoms with van der Waals surface area (Å²) in [5.74, 6) is -3.59. The van der Waals surface area contributed by atoms with Gasteiger partial charge in [0.05, 0.1) is 62.6 Å². The number of amides is 2. The average molecular weight is 884 g/mol. The van der Waals surface area contributed by atoms with Gasteiger partial charge in [-0.25, -0.2) is 9.97 Å². The summed E-state index contributed by atoms with van der Waals surface area (Å²) in [7, 11) is 0. The van der Waals surface area contributed by atoms with Gasteiger partial charge < -0.3 is 20.2 Å². The highest BCUT2D eigenvalue weighted by molar-refractivity contribution is 7.08. The molecule has 2 aliphatic rings. The fourth-order valence-electron chi connectivity index (χ4n) is 8.34. The molecule has 312 valence electrons. The summed E-state index contributed by atoms with van der Waals surface area (Å²) in [6.07, 6.45) is -1.83. The van der Waals surface area contributed by atoms with Crippen molar-refractivity contribution < 1.29 is 37.8 Å². The van der Waals surface area contributed by atoms with E-state index in [0.29, 0.717) is 61.4 Å². The highest BCUT2D eigenvalue weighted by Gasteiger charge is 2.48. The molecule has 4 N–H and O–H groups in total. The number of benzene rings is 4. The van der Waals surface area contributed by atoms with Gasteiger partial charge in [-0.15, -0.1) is 0 Å². The quantitative estimate of drug-likeness (QED) is 0.0697. The number of pyridine rings is 1. The normalized spacial score (nSPS) is 17.9. The Hall–Kier alpha value is -7.56. The minimum Gasteiger partial charge on any atom is -0.507 e. The Morgan fingerprint density at radius 2 is 1.40 bits per heavy atom. The Bertz CT molecular complexity index is 3270. The monoisotopic (exact) mass is 883 g/mol. The Labute approximate surface area is 363 Å². The minimum absolute atomic E-state index is 0.0498. The van der Waals surface area contributed by atoms with Gasteiger partial charge in [-0.2, -0.15) is 24.5 Å². The first kappa shape index (κ1) is 39.6. The van der Waals surface area contributed by atoms with Crippen LogP contribution < -0.4 is 9.80 Å². The number of carbonyl (C=O) groups is 3. The first-order chi connectivity index (χ1) is 30.3. The molecule has 1 saturated heterocycles. The van der Waals surface area contributed by atoms with E-state index in [9.17, 15) is 37.8 Å². The lowest BCUT2D eigenvalue weighted by Crippen LogP contribution is -2.30. The van der Waals surface area contributed by atoms with Gasteiger partial charge in [-0.1, -0.05) is 41.9 Å². The van der Waals surface area contributed by atoms with Gasteiger partial charge in [-0.05, 0) is 101 Å². The standard InChI is InChI=1S/C46H29ClF3N7O5S/c1-22-14-27(16-36(55-22)40-38(41(58)26-12-13-63-19-26)43(60)45(62)57(40)29-8-11-33-35(18-29)54-21-52-33)23-2-4-24(5-3-23)37-39(25-6-9-31(47)30(15-25)46(48,49)50)56(44(61)42(37)59)28-7-10-32-34(17-28)53-20-51-32/h2-21,39-40,58-59H,1H3,(H,51,53)(H,52,54). The molecule has 0 aliphatic carbocycles. The molecular weight excluding hydrogens is 855 g/mol. The largest absolute Gasteiger partial charge is 0.507 e. The number of halogens is 4. The van der Waals surface area contributed by atoms with Crippen LogP contribution in [0.4, 0.5) is 24.5 Å². The number of aliphatic hydroxyl groups excluding tert-OH is 2. The Morgan fingerprint density at radius 1 is 0.762 bits per heavy atom. The highest BCUT2D eigenvalue weighted by atomic mass is 35.5. The number of hydrogen-bond acceptors (Lipinski definition) is 9. The van der Waals surface area contributed by atoms with E-state index >= 15 is 0 Å². The Kier molecular flexibility index (Phi) is 9.31. The lowest BCUT2D eigenvalue weighted by atomic mass is 9.91. The molecule has 1 fully saturated rings. The van der Waals surface area contributed by atoms with E-state index in [2.05, 4.69) is 19.9 Å². The summed E-state index contributed by atoms with van der Waals surface area (Å²) >= 11 is 7.34. The molecule has 12 nitrogen and oxygen atoms in total. The molecule has 2 aliphatic heterocycles. The lowest BCUT2D eigenvalue weighted by Gasteiger charge is -2.28. The molecule has 2 atom stereocenters. The second-order valence-corrected chi connectivity index (χ2v) is 16.2. The first-order valence-corrected chi connectivity index (χ1v) is 20.5. The summed E-state index contributed by atoms with van der Waals surface area (Å²) in [6.45, 7) is 1.75. The van der Waals surface area contributed by atoms with Crippen LogP contribution in [0.5, 0.6) is 0 Å². The zero-order valence-corrected chi connectivity index (χ0v) is 34.0. The number of anilines is 2. The molecule has 0 bridgehead atoms. The number of imidazole rings is 2. The molecule has 0 spiro atoms. The number of ketones is 1. The Morgan fingerprint density at radius 3 is 2.02 bits per heavy atom. The number of aryl methyl sites for hydroxylation is 1. The highest BCUT2D eigenvalue weighted by Crippen LogP contribution is 2.48. The predicted octanol–water partition coefficient (Wildman–Crippen LogP) is 10.2. The predicted molar refractivity (Wildman–Crippen MR) is 232 cm³/mol. The maximum atomic E-state index is 14.2. The fraction of sp³-hybridized carbons (Fsp3) is 0.0870. The van der Waals surface area contributed by atoms with E-state index < -0.39 is 52.2 Å². The molecule has 4 aromatic carbocycles. The van der Waals surface area contributed by atoms with Gasteiger partial charge in [0.2, 0.25) is 0 Å². The van der Waals surface area contributed by atoms with Gasteiger partial charge in [0.25, 0.3) is 17.6 Å². The molecule has 2 amide bonds. The second-order valence-electron chi connectivity index (χ2n) is 15.0. The van der Waals surface area contributed by atoms with Crippen molar-refractivity contribution in [1.82, 2.24) is 24.9 Å². The molecule has 6 heterocycles. The van der Waals surface area contributed by atoms with Crippen molar-refractivity contribution in [1.29, 1.82) is 0 Å².